The van der Waals surface area contributed by atoms with Gasteiger partial charge in [0.2, 0.25) is 10.0 Å². The summed E-state index contributed by atoms with van der Waals surface area (Å²) < 4.78 is 28.4. The first-order valence-corrected chi connectivity index (χ1v) is 8.58. The summed E-state index contributed by atoms with van der Waals surface area (Å²) in [5.74, 6) is 0.310. The van der Waals surface area contributed by atoms with Crippen LogP contribution < -0.4 is 10.5 Å². The van der Waals surface area contributed by atoms with Crippen LogP contribution in [0.5, 0.6) is 0 Å². The van der Waals surface area contributed by atoms with Crippen LogP contribution in [0, 0.1) is 5.92 Å². The normalized spacial score (nSPS) is 17.9. The van der Waals surface area contributed by atoms with Crippen molar-refractivity contribution in [3.8, 4) is 0 Å². The van der Waals surface area contributed by atoms with Crippen molar-refractivity contribution in [2.24, 2.45) is 23.9 Å². The summed E-state index contributed by atoms with van der Waals surface area (Å²) in [6, 6.07) is 0. The van der Waals surface area contributed by atoms with Gasteiger partial charge in [-0.3, -0.25) is 9.40 Å². The molecule has 0 bridgehead atoms. The zero-order valence-electron chi connectivity index (χ0n) is 12.0. The first kappa shape index (κ1) is 15.6. The molecule has 0 amide bonds. The number of sulfonamides is 1. The predicted molar refractivity (Wildman–Crippen MR) is 79.7 cm³/mol. The number of nitrogens with two attached hydrogens (primary N) is 1. The van der Waals surface area contributed by atoms with Gasteiger partial charge in [-0.15, -0.1) is 0 Å². The van der Waals surface area contributed by atoms with Crippen molar-refractivity contribution in [2.45, 2.75) is 32.1 Å². The Balaban J connectivity index is 2.14. The molecule has 0 unspecified atom stereocenters. The van der Waals surface area contributed by atoms with Crippen LogP contribution in [0.15, 0.2) is 11.4 Å². The molecular weight excluding hydrogens is 294 g/mol. The Kier molecular flexibility index (Phi) is 4.71. The van der Waals surface area contributed by atoms with E-state index in [1.807, 2.05) is 0 Å². The lowest BCUT2D eigenvalue weighted by Gasteiger charge is -2.21. The van der Waals surface area contributed by atoms with Crippen molar-refractivity contribution < 1.29 is 13.6 Å². The minimum atomic E-state index is -3.49. The van der Waals surface area contributed by atoms with E-state index in [2.05, 4.69) is 15.0 Å². The molecule has 2 rings (SSSR count). The van der Waals surface area contributed by atoms with E-state index in [4.69, 9.17) is 10.9 Å². The largest absolute Gasteiger partial charge is 0.409 e. The Morgan fingerprint density at radius 3 is 2.81 bits per heavy atom. The van der Waals surface area contributed by atoms with Crippen LogP contribution in [0.4, 0.5) is 5.82 Å². The molecule has 1 aliphatic rings. The quantitative estimate of drug-likeness (QED) is 0.321. The van der Waals surface area contributed by atoms with E-state index < -0.39 is 10.0 Å². The molecule has 0 spiro atoms. The number of anilines is 1. The molecule has 0 saturated heterocycles. The van der Waals surface area contributed by atoms with Crippen LogP contribution >= 0.6 is 0 Å². The maximum atomic E-state index is 12.3. The fourth-order valence-corrected chi connectivity index (χ4v) is 4.23. The number of aromatic nitrogens is 2. The molecular formula is C12H21N5O3S. The first-order valence-electron chi connectivity index (χ1n) is 6.93. The number of hydrogen-bond acceptors (Lipinski definition) is 5. The minimum Gasteiger partial charge on any atom is -0.409 e. The zero-order chi connectivity index (χ0) is 15.5. The highest BCUT2D eigenvalue weighted by Crippen LogP contribution is 2.26. The van der Waals surface area contributed by atoms with Gasteiger partial charge < -0.3 is 10.9 Å². The van der Waals surface area contributed by atoms with Gasteiger partial charge in [-0.05, 0) is 18.8 Å². The van der Waals surface area contributed by atoms with Crippen LogP contribution in [0.25, 0.3) is 0 Å². The van der Waals surface area contributed by atoms with E-state index in [9.17, 15) is 8.42 Å². The predicted octanol–water partition coefficient (Wildman–Crippen LogP) is 0.837. The van der Waals surface area contributed by atoms with E-state index in [0.717, 1.165) is 25.7 Å². The second-order valence-corrected chi connectivity index (χ2v) is 7.17. The van der Waals surface area contributed by atoms with Gasteiger partial charge in [0, 0.05) is 7.05 Å². The Morgan fingerprint density at radius 2 is 2.19 bits per heavy atom. The topological polar surface area (TPSA) is 123 Å². The molecule has 1 fully saturated rings. The average Bonchev–Trinajstić information content (AvgIpc) is 2.79. The lowest BCUT2D eigenvalue weighted by molar-refractivity contribution is 0.318. The average molecular weight is 315 g/mol. The van der Waals surface area contributed by atoms with E-state index >= 15 is 0 Å². The Labute approximate surface area is 124 Å². The van der Waals surface area contributed by atoms with Crippen molar-refractivity contribution >= 4 is 21.7 Å². The monoisotopic (exact) mass is 315 g/mol. The summed E-state index contributed by atoms with van der Waals surface area (Å²) in [6.45, 7) is 0. The molecule has 4 N–H and O–H groups in total. The standard InChI is InChI=1S/C12H21N5O3S/c1-17-12(10(7-14-17)11(13)15-18)16-21(19,20)8-9-5-3-2-4-6-9/h7,9,16,18H,2-6,8H2,1H3,(H2,13,15). The molecule has 21 heavy (non-hydrogen) atoms. The molecule has 0 aromatic carbocycles. The minimum absolute atomic E-state index is 0.0911. The molecule has 1 aromatic heterocycles. The van der Waals surface area contributed by atoms with E-state index in [1.54, 1.807) is 7.05 Å². The third kappa shape index (κ3) is 3.87. The van der Waals surface area contributed by atoms with Crippen LogP contribution in [-0.2, 0) is 17.1 Å². The van der Waals surface area contributed by atoms with E-state index in [1.165, 1.54) is 17.3 Å². The number of nitrogens with one attached hydrogen (secondary N) is 1. The van der Waals surface area contributed by atoms with Crippen LogP contribution in [0.1, 0.15) is 37.7 Å². The second-order valence-electron chi connectivity index (χ2n) is 5.40. The molecule has 0 atom stereocenters. The number of oxime groups is 1. The fourth-order valence-electron chi connectivity index (χ4n) is 2.65. The Hall–Kier alpha value is -1.77. The van der Waals surface area contributed by atoms with Gasteiger partial charge in [-0.25, -0.2) is 8.42 Å². The van der Waals surface area contributed by atoms with Gasteiger partial charge in [0.1, 0.15) is 5.82 Å². The molecule has 1 heterocycles. The maximum Gasteiger partial charge on any atom is 0.234 e. The number of hydrogen-bond donors (Lipinski definition) is 3. The van der Waals surface area contributed by atoms with Crippen LogP contribution in [0.3, 0.4) is 0 Å². The van der Waals surface area contributed by atoms with Gasteiger partial charge in [0.15, 0.2) is 5.84 Å². The smallest absolute Gasteiger partial charge is 0.234 e. The first-order chi connectivity index (χ1) is 9.93. The molecule has 9 heteroatoms. The third-order valence-corrected chi connectivity index (χ3v) is 5.17. The van der Waals surface area contributed by atoms with Crippen LogP contribution in [-0.4, -0.2) is 35.0 Å². The van der Waals surface area contributed by atoms with Crippen molar-refractivity contribution in [3.63, 3.8) is 0 Å². The molecule has 118 valence electrons. The lowest BCUT2D eigenvalue weighted by Crippen LogP contribution is -2.26. The van der Waals surface area contributed by atoms with E-state index in [0.29, 0.717) is 0 Å². The van der Waals surface area contributed by atoms with Gasteiger partial charge >= 0.3 is 0 Å². The van der Waals surface area contributed by atoms with Crippen LogP contribution in [0.2, 0.25) is 0 Å². The van der Waals surface area contributed by atoms with Gasteiger partial charge in [-0.2, -0.15) is 5.10 Å². The number of amidine groups is 1. The summed E-state index contributed by atoms with van der Waals surface area (Å²) in [5.41, 5.74) is 5.78. The molecule has 8 nitrogen and oxygen atoms in total. The summed E-state index contributed by atoms with van der Waals surface area (Å²) >= 11 is 0. The number of rotatable bonds is 5. The highest BCUT2D eigenvalue weighted by atomic mass is 32.2. The number of aryl methyl sites for hydroxylation is 1. The second kappa shape index (κ2) is 6.33. The highest BCUT2D eigenvalue weighted by Gasteiger charge is 2.24. The van der Waals surface area contributed by atoms with Crippen molar-refractivity contribution in [3.05, 3.63) is 11.8 Å². The van der Waals surface area contributed by atoms with Gasteiger partial charge in [0.25, 0.3) is 0 Å². The summed E-state index contributed by atoms with van der Waals surface area (Å²) in [4.78, 5) is 0. The zero-order valence-corrected chi connectivity index (χ0v) is 12.8. The van der Waals surface area contributed by atoms with Crippen molar-refractivity contribution in [1.29, 1.82) is 0 Å². The SMILES string of the molecule is Cn1ncc(C(N)=NO)c1NS(=O)(=O)CC1CCCCC1. The number of nitrogens with zero attached hydrogens (tertiary/aromatic N) is 3. The highest BCUT2D eigenvalue weighted by molar-refractivity contribution is 7.92. The summed E-state index contributed by atoms with van der Waals surface area (Å²) in [5, 5.41) is 15.5. The molecule has 1 aliphatic carbocycles. The molecule has 1 saturated carbocycles. The maximum absolute atomic E-state index is 12.3. The molecule has 0 aliphatic heterocycles. The Morgan fingerprint density at radius 1 is 1.52 bits per heavy atom. The summed E-state index contributed by atoms with van der Waals surface area (Å²) in [6.07, 6.45) is 6.59. The van der Waals surface area contributed by atoms with Gasteiger partial charge in [-0.1, -0.05) is 24.4 Å². The molecule has 0 radical (unpaired) electrons. The Bertz CT molecular complexity index is 617. The van der Waals surface area contributed by atoms with Crippen molar-refractivity contribution in [2.75, 3.05) is 10.5 Å². The van der Waals surface area contributed by atoms with E-state index in [-0.39, 0.29) is 28.9 Å². The van der Waals surface area contributed by atoms with Gasteiger partial charge in [0.05, 0.1) is 17.5 Å². The summed E-state index contributed by atoms with van der Waals surface area (Å²) in [7, 11) is -1.90. The lowest BCUT2D eigenvalue weighted by atomic mass is 9.91. The third-order valence-electron chi connectivity index (χ3n) is 3.75. The van der Waals surface area contributed by atoms with Crippen molar-refractivity contribution in [1.82, 2.24) is 9.78 Å². The molecule has 1 aromatic rings. The fraction of sp³-hybridized carbons (Fsp3) is 0.667.